The van der Waals surface area contributed by atoms with E-state index in [0.717, 1.165) is 22.5 Å². The van der Waals surface area contributed by atoms with Crippen molar-refractivity contribution in [2.45, 2.75) is 84.8 Å². The van der Waals surface area contributed by atoms with E-state index in [9.17, 15) is 29.4 Å². The summed E-state index contributed by atoms with van der Waals surface area (Å²) in [6.45, 7) is 10.2. The van der Waals surface area contributed by atoms with Gasteiger partial charge in [-0.25, -0.2) is 19.6 Å². The smallest absolute Gasteiger partial charge is 0.405 e. The van der Waals surface area contributed by atoms with Crippen LogP contribution in [0.4, 0.5) is 9.59 Å². The molecule has 0 radical (unpaired) electrons. The van der Waals surface area contributed by atoms with E-state index >= 15 is 0 Å². The molecule has 1 saturated heterocycles. The molecular formula is C42H56N8O7. The molecular weight excluding hydrogens is 729 g/mol. The van der Waals surface area contributed by atoms with Crippen molar-refractivity contribution >= 4 is 29.5 Å². The van der Waals surface area contributed by atoms with Crippen LogP contribution in [0.1, 0.15) is 58.0 Å². The van der Waals surface area contributed by atoms with Crippen LogP contribution in [0.3, 0.4) is 0 Å². The summed E-state index contributed by atoms with van der Waals surface area (Å²) in [5.74, 6) is 0.151. The number of hydrazine groups is 1. The molecule has 5 atom stereocenters. The van der Waals surface area contributed by atoms with E-state index in [4.69, 9.17) is 4.74 Å². The van der Waals surface area contributed by atoms with E-state index in [0.29, 0.717) is 25.3 Å². The first-order chi connectivity index (χ1) is 27.2. The lowest BCUT2D eigenvalue weighted by Crippen LogP contribution is -2.60. The Morgan fingerprint density at radius 2 is 1.65 bits per heavy atom. The number of carbonyl (C=O) groups is 4. The Balaban J connectivity index is 1.39. The number of fused-ring (bicyclic) bond motifs is 1. The summed E-state index contributed by atoms with van der Waals surface area (Å²) in [7, 11) is 1.56. The van der Waals surface area contributed by atoms with Crippen LogP contribution in [0, 0.1) is 11.3 Å². The number of aliphatic hydroxyl groups is 1. The number of ether oxygens (including phenoxy) is 1. The molecule has 0 bridgehead atoms. The monoisotopic (exact) mass is 784 g/mol. The number of aliphatic hydroxyl groups excluding tert-OH is 1. The largest absolute Gasteiger partial charge is 0.497 e. The molecule has 4 aromatic rings. The lowest BCUT2D eigenvalue weighted by atomic mass is 9.86. The summed E-state index contributed by atoms with van der Waals surface area (Å²) < 4.78 is 7.25. The minimum absolute atomic E-state index is 0.137. The maximum atomic E-state index is 14.5. The Morgan fingerprint density at radius 3 is 2.30 bits per heavy atom. The molecule has 2 aromatic heterocycles. The number of pyridine rings is 1. The lowest BCUT2D eigenvalue weighted by Gasteiger charge is -2.36. The van der Waals surface area contributed by atoms with Gasteiger partial charge in [-0.2, -0.15) is 0 Å². The molecule has 2 aromatic carbocycles. The van der Waals surface area contributed by atoms with Crippen molar-refractivity contribution in [2.75, 3.05) is 26.7 Å². The normalized spacial score (nSPS) is 15.9. The third kappa shape index (κ3) is 11.0. The summed E-state index contributed by atoms with van der Waals surface area (Å²) in [4.78, 5) is 61.7. The van der Waals surface area contributed by atoms with Gasteiger partial charge in [-0.3, -0.25) is 15.0 Å². The number of methoxy groups -OCH3 is 1. The summed E-state index contributed by atoms with van der Waals surface area (Å²) in [6, 6.07) is 19.4. The summed E-state index contributed by atoms with van der Waals surface area (Å²) in [5, 5.41) is 28.5. The van der Waals surface area contributed by atoms with Crippen LogP contribution in [0.5, 0.6) is 5.75 Å². The van der Waals surface area contributed by atoms with Gasteiger partial charge in [-0.15, -0.1) is 0 Å². The number of urea groups is 1. The molecule has 5 amide bonds. The van der Waals surface area contributed by atoms with Crippen LogP contribution in [-0.4, -0.2) is 109 Å². The third-order valence-corrected chi connectivity index (χ3v) is 10.5. The van der Waals surface area contributed by atoms with Crippen LogP contribution in [0.25, 0.3) is 5.52 Å². The summed E-state index contributed by atoms with van der Waals surface area (Å²) in [6.07, 6.45) is 1.97. The molecule has 15 nitrogen and oxygen atoms in total. The zero-order valence-electron chi connectivity index (χ0n) is 33.6. The Hall–Kier alpha value is -5.67. The lowest BCUT2D eigenvalue weighted by molar-refractivity contribution is -0.132. The van der Waals surface area contributed by atoms with Crippen molar-refractivity contribution in [3.05, 3.63) is 102 Å². The first-order valence-electron chi connectivity index (χ1n) is 19.3. The zero-order valence-corrected chi connectivity index (χ0v) is 33.6. The maximum absolute atomic E-state index is 14.5. The fraction of sp³-hybridized carbons (Fsp3) is 0.452. The van der Waals surface area contributed by atoms with E-state index in [1.807, 2.05) is 85.1 Å². The fourth-order valence-corrected chi connectivity index (χ4v) is 7.12. The predicted octanol–water partition coefficient (Wildman–Crippen LogP) is 4.30. The van der Waals surface area contributed by atoms with E-state index in [2.05, 4.69) is 21.0 Å². The molecule has 15 heteroatoms. The standard InChI is InChI=1S/C42H56N8O7/c1-7-28(2)36(50-22-21-47(41(50)56)27-35-43-24-31-15-11-12-20-49(31)35)38(52)44-33(23-29-13-9-8-10-14-29)34(51)26-48(25-30-16-18-32(57-6)19-17-30)46-39(53)37(42(3,4)5)45-40(54)55/h8-20,24,28,33-34,36-37,45,51H,7,21-23,25-27H2,1-6H3,(H,44,52)(H,46,53)(H,54,55)/t28-,33-,34-,36-,37+/m0/s1. The van der Waals surface area contributed by atoms with E-state index in [-0.39, 0.29) is 38.0 Å². The van der Waals surface area contributed by atoms with Gasteiger partial charge < -0.3 is 39.8 Å². The molecule has 0 aliphatic carbocycles. The highest BCUT2D eigenvalue weighted by Crippen LogP contribution is 2.24. The quantitative estimate of drug-likeness (QED) is 0.0920. The number of amides is 5. The van der Waals surface area contributed by atoms with Gasteiger partial charge in [0.25, 0.3) is 5.91 Å². The Morgan fingerprint density at radius 1 is 0.947 bits per heavy atom. The minimum Gasteiger partial charge on any atom is -0.497 e. The van der Waals surface area contributed by atoms with Crippen LogP contribution in [0.15, 0.2) is 85.2 Å². The SMILES string of the molecule is CC[C@H](C)[C@@H](C(=O)N[C@@H](Cc1ccccc1)[C@@H](O)CN(Cc1ccc(OC)cc1)NC(=O)[C@@H](NC(=O)O)C(C)(C)C)N1CCN(Cc2ncc3ccccn23)C1=O. The van der Waals surface area contributed by atoms with Crippen molar-refractivity contribution in [3.8, 4) is 5.75 Å². The number of hydrogen-bond acceptors (Lipinski definition) is 8. The van der Waals surface area contributed by atoms with Crippen molar-refractivity contribution in [2.24, 2.45) is 11.3 Å². The van der Waals surface area contributed by atoms with Gasteiger partial charge in [0.2, 0.25) is 5.91 Å². The van der Waals surface area contributed by atoms with Crippen molar-refractivity contribution in [3.63, 3.8) is 0 Å². The number of carbonyl (C=O) groups excluding carboxylic acids is 3. The van der Waals surface area contributed by atoms with Crippen molar-refractivity contribution in [1.29, 1.82) is 0 Å². The Bertz CT molecular complexity index is 1970. The van der Waals surface area contributed by atoms with Crippen molar-refractivity contribution in [1.82, 2.24) is 40.3 Å². The van der Waals surface area contributed by atoms with E-state index in [1.54, 1.807) is 56.0 Å². The summed E-state index contributed by atoms with van der Waals surface area (Å²) in [5.41, 5.74) is 4.62. The highest BCUT2D eigenvalue weighted by atomic mass is 16.5. The molecule has 0 spiro atoms. The average molecular weight is 785 g/mol. The number of hydrogen-bond donors (Lipinski definition) is 5. The molecule has 5 rings (SSSR count). The first kappa shape index (κ1) is 42.5. The van der Waals surface area contributed by atoms with Crippen LogP contribution in [0.2, 0.25) is 0 Å². The highest BCUT2D eigenvalue weighted by Gasteiger charge is 2.41. The molecule has 306 valence electrons. The van der Waals surface area contributed by atoms with Gasteiger partial charge in [0.1, 0.15) is 23.7 Å². The number of nitrogens with one attached hydrogen (secondary N) is 3. The first-order valence-corrected chi connectivity index (χ1v) is 19.3. The topological polar surface area (TPSA) is 181 Å². The average Bonchev–Trinajstić information content (AvgIpc) is 3.76. The molecule has 1 fully saturated rings. The third-order valence-electron chi connectivity index (χ3n) is 10.5. The number of aromatic nitrogens is 2. The second-order valence-corrected chi connectivity index (χ2v) is 15.7. The van der Waals surface area contributed by atoms with Gasteiger partial charge in [0.05, 0.1) is 37.5 Å². The van der Waals surface area contributed by atoms with E-state index in [1.165, 1.54) is 5.01 Å². The second kappa shape index (κ2) is 19.0. The van der Waals surface area contributed by atoms with Gasteiger partial charge in [0.15, 0.2) is 0 Å². The van der Waals surface area contributed by atoms with Crippen LogP contribution < -0.4 is 20.8 Å². The van der Waals surface area contributed by atoms with Gasteiger partial charge in [-0.05, 0) is 53.1 Å². The van der Waals surface area contributed by atoms with Crippen LogP contribution in [-0.2, 0) is 29.1 Å². The molecule has 3 heterocycles. The highest BCUT2D eigenvalue weighted by molar-refractivity contribution is 5.88. The van der Waals surface area contributed by atoms with Gasteiger partial charge in [-0.1, -0.05) is 89.6 Å². The zero-order chi connectivity index (χ0) is 41.3. The Kier molecular flexibility index (Phi) is 14.1. The van der Waals surface area contributed by atoms with Crippen molar-refractivity contribution < 1.29 is 34.1 Å². The number of carboxylic acid groups (broad SMARTS) is 1. The maximum Gasteiger partial charge on any atom is 0.405 e. The van der Waals surface area contributed by atoms with Crippen LogP contribution >= 0.6 is 0 Å². The molecule has 0 unspecified atom stereocenters. The summed E-state index contributed by atoms with van der Waals surface area (Å²) >= 11 is 0. The molecule has 5 N–H and O–H groups in total. The predicted molar refractivity (Wildman–Crippen MR) is 215 cm³/mol. The second-order valence-electron chi connectivity index (χ2n) is 15.7. The molecule has 1 aliphatic rings. The Labute approximate surface area is 334 Å². The van der Waals surface area contributed by atoms with Gasteiger partial charge in [0, 0.05) is 32.4 Å². The molecule has 1 aliphatic heterocycles. The minimum atomic E-state index is -1.34. The van der Waals surface area contributed by atoms with E-state index < -0.39 is 47.6 Å². The number of imidazole rings is 1. The number of rotatable bonds is 18. The van der Waals surface area contributed by atoms with Gasteiger partial charge >= 0.3 is 12.1 Å². The number of benzene rings is 2. The molecule has 57 heavy (non-hydrogen) atoms. The fourth-order valence-electron chi connectivity index (χ4n) is 7.12. The number of nitrogens with zero attached hydrogens (tertiary/aromatic N) is 5. The molecule has 0 saturated carbocycles.